The summed E-state index contributed by atoms with van der Waals surface area (Å²) in [6.07, 6.45) is 0.453. The van der Waals surface area contributed by atoms with Crippen LogP contribution in [0, 0.1) is 11.6 Å². The summed E-state index contributed by atoms with van der Waals surface area (Å²) in [6, 6.07) is 37.4. The van der Waals surface area contributed by atoms with Crippen molar-refractivity contribution < 1.29 is 66.7 Å². The van der Waals surface area contributed by atoms with Crippen molar-refractivity contribution in [3.8, 4) is 23.0 Å². The molecule has 0 saturated heterocycles. The van der Waals surface area contributed by atoms with Crippen LogP contribution in [0.4, 0.5) is 18.4 Å². The lowest BCUT2D eigenvalue weighted by atomic mass is 9.99. The molecule has 0 radical (unpaired) electrons. The number of ether oxygens (including phenoxy) is 4. The molecule has 0 saturated carbocycles. The van der Waals surface area contributed by atoms with Gasteiger partial charge in [-0.05, 0) is 91.6 Å². The molecule has 4 N–H and O–H groups in total. The standard InChI is InChI=1S/C38H34FN3O6.C21H16FN3O6/c1-38(2,3)48-30(43)21-41-37(45)47-34-28-15-10-20-40-32(28)35(46-33(25-11-6-4-7-12-25)26-13-8-5-9-14-26)31-29(34)23-42(36(31)44)22-24-16-18-27(39)19-17-24;22-12-5-3-11(4-6-12)9-25-10-14-16(20(25)29)18(28)17-13(2-1-7-23-17)19(14)31-21(30)24-8-15(26)27/h4-20,33H,21-23H2,1-3H3,(H,41,45);1-7,28H,8-10H2,(H,24,30)(H,26,27). The van der Waals surface area contributed by atoms with Crippen LogP contribution in [0.25, 0.3) is 21.8 Å². The number of nitrogens with one attached hydrogen (secondary N) is 2. The van der Waals surface area contributed by atoms with E-state index in [1.807, 2.05) is 60.7 Å². The average Bonchev–Trinajstić information content (AvgIpc) is 4.06. The van der Waals surface area contributed by atoms with E-state index < -0.39 is 60.6 Å². The number of phenolic OH excluding ortho intramolecular Hbond substituents is 1. The number of halogens is 2. The van der Waals surface area contributed by atoms with E-state index in [0.29, 0.717) is 33.0 Å². The number of nitrogens with zero attached hydrogens (tertiary/aromatic N) is 4. The first-order chi connectivity index (χ1) is 37.9. The summed E-state index contributed by atoms with van der Waals surface area (Å²) in [5, 5.41) is 24.7. The number of aliphatic carboxylic acids is 1. The number of pyridine rings is 2. The van der Waals surface area contributed by atoms with E-state index in [1.54, 1.807) is 80.4 Å². The average molecular weight is 1070 g/mol. The molecule has 79 heavy (non-hydrogen) atoms. The number of phenols is 1. The fourth-order valence-electron chi connectivity index (χ4n) is 9.07. The zero-order valence-electron chi connectivity index (χ0n) is 42.7. The predicted molar refractivity (Wildman–Crippen MR) is 282 cm³/mol. The Bertz CT molecular complexity index is 3600. The molecule has 0 aliphatic carbocycles. The molecule has 402 valence electrons. The van der Waals surface area contributed by atoms with E-state index >= 15 is 0 Å². The maximum atomic E-state index is 14.3. The molecule has 0 fully saturated rings. The van der Waals surface area contributed by atoms with Gasteiger partial charge in [-0.25, -0.2) is 18.4 Å². The molecule has 2 aliphatic heterocycles. The van der Waals surface area contributed by atoms with Gasteiger partial charge in [0.1, 0.15) is 59.0 Å². The monoisotopic (exact) mass is 1070 g/mol. The molecule has 4 amide bonds. The summed E-state index contributed by atoms with van der Waals surface area (Å²) >= 11 is 0. The third-order valence-electron chi connectivity index (χ3n) is 12.4. The number of aromatic hydroxyl groups is 1. The number of hydrogen-bond donors (Lipinski definition) is 4. The van der Waals surface area contributed by atoms with Gasteiger partial charge in [-0.3, -0.25) is 29.1 Å². The molecule has 18 nitrogen and oxygen atoms in total. The van der Waals surface area contributed by atoms with Crippen LogP contribution in [-0.4, -0.2) is 84.6 Å². The van der Waals surface area contributed by atoms with Gasteiger partial charge in [0.05, 0.1) is 24.2 Å². The number of carbonyl (C=O) groups excluding carboxylic acids is 5. The van der Waals surface area contributed by atoms with Gasteiger partial charge < -0.3 is 49.6 Å². The van der Waals surface area contributed by atoms with Gasteiger partial charge in [0.2, 0.25) is 0 Å². The van der Waals surface area contributed by atoms with Gasteiger partial charge in [0.15, 0.2) is 11.5 Å². The molecule has 6 aromatic carbocycles. The Morgan fingerprint density at radius 1 is 0.608 bits per heavy atom. The number of fused-ring (bicyclic) bond motifs is 4. The first-order valence-electron chi connectivity index (χ1n) is 24.7. The van der Waals surface area contributed by atoms with E-state index in [2.05, 4.69) is 20.6 Å². The van der Waals surface area contributed by atoms with Gasteiger partial charge in [-0.2, -0.15) is 0 Å². The van der Waals surface area contributed by atoms with Crippen LogP contribution in [0.3, 0.4) is 0 Å². The maximum absolute atomic E-state index is 14.3. The van der Waals surface area contributed by atoms with Crippen LogP contribution in [0.15, 0.2) is 146 Å². The maximum Gasteiger partial charge on any atom is 0.413 e. The lowest BCUT2D eigenvalue weighted by Crippen LogP contribution is -2.36. The van der Waals surface area contributed by atoms with Crippen molar-refractivity contribution in [1.82, 2.24) is 30.4 Å². The quantitative estimate of drug-likeness (QED) is 0.0743. The zero-order valence-corrected chi connectivity index (χ0v) is 42.7. The third kappa shape index (κ3) is 12.3. The molecular weight excluding hydrogens is 1020 g/mol. The minimum atomic E-state index is -1.25. The second-order valence-electron chi connectivity index (χ2n) is 19.2. The van der Waals surface area contributed by atoms with E-state index in [0.717, 1.165) is 11.1 Å². The lowest BCUT2D eigenvalue weighted by molar-refractivity contribution is -0.153. The normalized spacial score (nSPS) is 12.6. The molecule has 0 unspecified atom stereocenters. The fraction of sp³-hybridized carbons (Fsp3) is 0.186. The number of rotatable bonds is 14. The SMILES string of the molecule is CC(C)(C)OC(=O)CNC(=O)Oc1c2c(c(OC(c3ccccc3)c3ccccc3)c3ncccc13)C(=O)N(Cc1ccc(F)cc1)C2.O=C(O)CNC(=O)Oc1c2c(c(O)c3ncccc13)C(=O)N(Cc1ccc(F)cc1)C2. The number of esters is 1. The molecule has 2 aliphatic rings. The van der Waals surface area contributed by atoms with Crippen molar-refractivity contribution in [2.45, 2.75) is 58.7 Å². The topological polar surface area (TPSA) is 236 Å². The van der Waals surface area contributed by atoms with Crippen LogP contribution >= 0.6 is 0 Å². The Morgan fingerprint density at radius 3 is 1.56 bits per heavy atom. The Morgan fingerprint density at radius 2 is 1.06 bits per heavy atom. The number of hydrogen-bond acceptors (Lipinski definition) is 13. The van der Waals surface area contributed by atoms with E-state index in [1.165, 1.54) is 35.4 Å². The number of carbonyl (C=O) groups is 6. The number of amides is 4. The summed E-state index contributed by atoms with van der Waals surface area (Å²) in [4.78, 5) is 87.2. The van der Waals surface area contributed by atoms with Crippen molar-refractivity contribution in [1.29, 1.82) is 0 Å². The summed E-state index contributed by atoms with van der Waals surface area (Å²) in [5.41, 5.74) is 3.61. The van der Waals surface area contributed by atoms with E-state index in [4.69, 9.17) is 24.1 Å². The number of benzene rings is 6. The first-order valence-corrected chi connectivity index (χ1v) is 24.7. The highest BCUT2D eigenvalue weighted by Crippen LogP contribution is 2.47. The predicted octanol–water partition coefficient (Wildman–Crippen LogP) is 9.54. The van der Waals surface area contributed by atoms with Gasteiger partial charge >= 0.3 is 24.1 Å². The van der Waals surface area contributed by atoms with Crippen LogP contribution < -0.4 is 24.8 Å². The first kappa shape index (κ1) is 53.8. The van der Waals surface area contributed by atoms with Crippen LogP contribution in [0.1, 0.15) is 81.0 Å². The van der Waals surface area contributed by atoms with Crippen molar-refractivity contribution in [3.05, 3.63) is 202 Å². The van der Waals surface area contributed by atoms with E-state index in [-0.39, 0.29) is 83.1 Å². The Balaban J connectivity index is 0.000000210. The number of carboxylic acid groups (broad SMARTS) is 1. The largest absolute Gasteiger partial charge is 0.505 e. The van der Waals surface area contributed by atoms with Crippen molar-refractivity contribution >= 4 is 57.7 Å². The van der Waals surface area contributed by atoms with Crippen LogP contribution in [0.2, 0.25) is 0 Å². The lowest BCUT2D eigenvalue weighted by Gasteiger charge is -2.23. The Kier molecular flexibility index (Phi) is 15.7. The summed E-state index contributed by atoms with van der Waals surface area (Å²) in [6.45, 7) is 4.52. The molecule has 4 heterocycles. The zero-order chi connectivity index (χ0) is 56.0. The summed E-state index contributed by atoms with van der Waals surface area (Å²) < 4.78 is 50.2. The molecule has 20 heteroatoms. The van der Waals surface area contributed by atoms with Crippen LogP contribution in [0.5, 0.6) is 23.0 Å². The molecule has 0 atom stereocenters. The summed E-state index contributed by atoms with van der Waals surface area (Å²) in [5.74, 6) is -3.50. The summed E-state index contributed by atoms with van der Waals surface area (Å²) in [7, 11) is 0. The highest BCUT2D eigenvalue weighted by atomic mass is 19.1. The molecular formula is C59H50F2N6O12. The molecule has 10 rings (SSSR count). The molecule has 8 aromatic rings. The molecule has 2 aromatic heterocycles. The van der Waals surface area contributed by atoms with Crippen molar-refractivity contribution in [3.63, 3.8) is 0 Å². The number of aromatic nitrogens is 2. The fourth-order valence-corrected chi connectivity index (χ4v) is 9.07. The van der Waals surface area contributed by atoms with Crippen LogP contribution in [-0.2, 0) is 40.5 Å². The van der Waals surface area contributed by atoms with Gasteiger partial charge in [0.25, 0.3) is 11.8 Å². The highest BCUT2D eigenvalue weighted by Gasteiger charge is 2.39. The molecule has 0 bridgehead atoms. The second-order valence-corrected chi connectivity index (χ2v) is 19.2. The van der Waals surface area contributed by atoms with E-state index in [9.17, 15) is 42.7 Å². The minimum Gasteiger partial charge on any atom is -0.505 e. The highest BCUT2D eigenvalue weighted by molar-refractivity contribution is 6.10. The second kappa shape index (κ2) is 23.1. The minimum absolute atomic E-state index is 0.00810. The Hall–Kier alpha value is -9.98. The number of carboxylic acids is 1. The third-order valence-corrected chi connectivity index (χ3v) is 12.4. The smallest absolute Gasteiger partial charge is 0.413 e. The van der Waals surface area contributed by atoms with Gasteiger partial charge in [-0.1, -0.05) is 84.9 Å². The van der Waals surface area contributed by atoms with Gasteiger partial charge in [-0.15, -0.1) is 0 Å². The van der Waals surface area contributed by atoms with Crippen molar-refractivity contribution in [2.24, 2.45) is 0 Å². The molecule has 0 spiro atoms. The Labute approximate surface area is 450 Å². The van der Waals surface area contributed by atoms with Gasteiger partial charge in [0, 0.05) is 47.4 Å². The van der Waals surface area contributed by atoms with Crippen molar-refractivity contribution in [2.75, 3.05) is 13.1 Å².